The number of aryl methyl sites for hydroxylation is 1. The molecule has 0 bridgehead atoms. The monoisotopic (exact) mass is 457 g/mol. The lowest BCUT2D eigenvalue weighted by molar-refractivity contribution is -0.117. The number of hydrogen-bond acceptors (Lipinski definition) is 3. The van der Waals surface area contributed by atoms with Crippen LogP contribution in [0.1, 0.15) is 64.4 Å². The minimum atomic E-state index is -0.0309. The third-order valence-electron chi connectivity index (χ3n) is 5.59. The summed E-state index contributed by atoms with van der Waals surface area (Å²) in [7, 11) is 0. The van der Waals surface area contributed by atoms with Crippen LogP contribution in [0.3, 0.4) is 0 Å². The third-order valence-corrected chi connectivity index (χ3v) is 6.95. The Kier molecular flexibility index (Phi) is 9.64. The van der Waals surface area contributed by atoms with Gasteiger partial charge in [0.25, 0.3) is 0 Å². The Morgan fingerprint density at radius 1 is 1.31 bits per heavy atom. The maximum absolute atomic E-state index is 12.7. The normalized spacial score (nSPS) is 21.3. The summed E-state index contributed by atoms with van der Waals surface area (Å²) in [5, 5.41) is 1.74. The number of halogens is 2. The highest BCUT2D eigenvalue weighted by atomic mass is 35.5. The first-order valence-corrected chi connectivity index (χ1v) is 11.9. The van der Waals surface area contributed by atoms with Crippen LogP contribution < -0.4 is 4.90 Å². The first-order valence-electron chi connectivity index (χ1n) is 10.5. The van der Waals surface area contributed by atoms with Crippen LogP contribution in [0, 0.1) is 6.92 Å². The van der Waals surface area contributed by atoms with Crippen molar-refractivity contribution in [1.82, 2.24) is 4.90 Å². The molecule has 1 amide bonds. The van der Waals surface area contributed by atoms with Crippen molar-refractivity contribution in [3.63, 3.8) is 0 Å². The molecule has 7 heteroatoms. The van der Waals surface area contributed by atoms with E-state index in [1.54, 1.807) is 18.7 Å². The molecule has 1 aliphatic carbocycles. The molecule has 1 heterocycles. The van der Waals surface area contributed by atoms with E-state index in [2.05, 4.69) is 11.8 Å². The van der Waals surface area contributed by atoms with Crippen molar-refractivity contribution in [1.29, 1.82) is 0 Å². The predicted octanol–water partition coefficient (Wildman–Crippen LogP) is 6.29. The van der Waals surface area contributed by atoms with Gasteiger partial charge in [0.2, 0.25) is 5.91 Å². The molecule has 162 valence electrons. The van der Waals surface area contributed by atoms with Crippen molar-refractivity contribution in [3.05, 3.63) is 28.8 Å². The van der Waals surface area contributed by atoms with Gasteiger partial charge in [-0.15, -0.1) is 12.4 Å². The second-order valence-corrected chi connectivity index (χ2v) is 9.28. The number of aliphatic imine (C=N–C) groups is 1. The number of nitrogens with zero attached hydrogens (tertiary/aromatic N) is 3. The second kappa shape index (κ2) is 11.5. The maximum Gasteiger partial charge on any atom is 0.225 e. The van der Waals surface area contributed by atoms with Crippen molar-refractivity contribution >= 4 is 52.5 Å². The van der Waals surface area contributed by atoms with Crippen molar-refractivity contribution < 1.29 is 4.79 Å². The molecular formula is C22H33Cl2N3OS. The molecule has 1 saturated carbocycles. The van der Waals surface area contributed by atoms with Crippen LogP contribution in [-0.4, -0.2) is 40.5 Å². The standard InChI is InChI=1S/C22H32ClN3OS.ClH/c1-4-5-13-25-21(15-28-22(25)24-18-9-7-6-8-10-18)26(17(3)27)20-12-11-16(2)14-19(20)23;/h11-12,14,18,21H,4-10,13,15H2,1-3H3;1H. The average molecular weight is 458 g/mol. The topological polar surface area (TPSA) is 35.9 Å². The molecule has 1 unspecified atom stereocenters. The maximum atomic E-state index is 12.7. The molecule has 0 N–H and O–H groups in total. The summed E-state index contributed by atoms with van der Waals surface area (Å²) in [6.45, 7) is 6.78. The van der Waals surface area contributed by atoms with Gasteiger partial charge in [0.15, 0.2) is 5.17 Å². The molecule has 1 saturated heterocycles. The minimum Gasteiger partial charge on any atom is -0.330 e. The predicted molar refractivity (Wildman–Crippen MR) is 129 cm³/mol. The Morgan fingerprint density at radius 3 is 2.66 bits per heavy atom. The summed E-state index contributed by atoms with van der Waals surface area (Å²) >= 11 is 8.33. The molecule has 4 nitrogen and oxygen atoms in total. The molecule has 2 aliphatic rings. The lowest BCUT2D eigenvalue weighted by atomic mass is 9.96. The molecule has 0 aromatic heterocycles. The van der Waals surface area contributed by atoms with Gasteiger partial charge in [-0.1, -0.05) is 62.0 Å². The molecule has 1 atom stereocenters. The largest absolute Gasteiger partial charge is 0.330 e. The fraction of sp³-hybridized carbons (Fsp3) is 0.636. The van der Waals surface area contributed by atoms with Gasteiger partial charge < -0.3 is 4.90 Å². The number of rotatable bonds is 6. The zero-order chi connectivity index (χ0) is 20.1. The number of unbranched alkanes of at least 4 members (excludes halogenated alkanes) is 1. The van der Waals surface area contributed by atoms with E-state index >= 15 is 0 Å². The Morgan fingerprint density at radius 2 is 2.03 bits per heavy atom. The van der Waals surface area contributed by atoms with Crippen LogP contribution in [0.25, 0.3) is 0 Å². The molecule has 29 heavy (non-hydrogen) atoms. The fourth-order valence-corrected chi connectivity index (χ4v) is 5.62. The summed E-state index contributed by atoms with van der Waals surface area (Å²) in [5.41, 5.74) is 1.89. The molecule has 1 aromatic rings. The quantitative estimate of drug-likeness (QED) is 0.503. The van der Waals surface area contributed by atoms with Gasteiger partial charge in [0.1, 0.15) is 6.17 Å². The van der Waals surface area contributed by atoms with E-state index in [0.29, 0.717) is 11.1 Å². The molecule has 0 radical (unpaired) electrons. The van der Waals surface area contributed by atoms with Gasteiger partial charge in [-0.3, -0.25) is 14.7 Å². The number of anilines is 1. The van der Waals surface area contributed by atoms with Crippen LogP contribution in [0.2, 0.25) is 5.02 Å². The highest BCUT2D eigenvalue weighted by Crippen LogP contribution is 2.35. The summed E-state index contributed by atoms with van der Waals surface area (Å²) in [4.78, 5) is 22.0. The van der Waals surface area contributed by atoms with Crippen molar-refractivity contribution in [2.45, 2.75) is 77.9 Å². The van der Waals surface area contributed by atoms with Crippen molar-refractivity contribution in [2.75, 3.05) is 17.2 Å². The van der Waals surface area contributed by atoms with Crippen LogP contribution >= 0.6 is 35.8 Å². The van der Waals surface area contributed by atoms with Gasteiger partial charge in [0.05, 0.1) is 16.8 Å². The second-order valence-electron chi connectivity index (χ2n) is 7.89. The smallest absolute Gasteiger partial charge is 0.225 e. The number of hydrogen-bond donors (Lipinski definition) is 0. The summed E-state index contributed by atoms with van der Waals surface area (Å²) in [6.07, 6.45) is 8.46. The SMILES string of the molecule is CCCCN1C(=NC2CCCCC2)SCC1N(C(C)=O)c1ccc(C)cc1Cl.Cl. The molecule has 2 fully saturated rings. The van der Waals surface area contributed by atoms with Crippen molar-refractivity contribution in [2.24, 2.45) is 4.99 Å². The van der Waals surface area contributed by atoms with E-state index in [0.717, 1.165) is 41.6 Å². The first kappa shape index (κ1) is 24.4. The van der Waals surface area contributed by atoms with E-state index in [-0.39, 0.29) is 24.5 Å². The molecule has 3 rings (SSSR count). The van der Waals surface area contributed by atoms with E-state index in [1.165, 1.54) is 32.1 Å². The zero-order valence-corrected chi connectivity index (χ0v) is 20.1. The summed E-state index contributed by atoms with van der Waals surface area (Å²) in [5.74, 6) is 0.857. The van der Waals surface area contributed by atoms with Gasteiger partial charge >= 0.3 is 0 Å². The lowest BCUT2D eigenvalue weighted by Crippen LogP contribution is -2.50. The van der Waals surface area contributed by atoms with Gasteiger partial charge in [0, 0.05) is 19.2 Å². The Labute approximate surface area is 190 Å². The minimum absolute atomic E-state index is 0. The average Bonchev–Trinajstić information content (AvgIpc) is 3.04. The number of thioether (sulfide) groups is 1. The van der Waals surface area contributed by atoms with Crippen LogP contribution in [0.15, 0.2) is 23.2 Å². The highest BCUT2D eigenvalue weighted by Gasteiger charge is 2.37. The molecular weight excluding hydrogens is 425 g/mol. The van der Waals surface area contributed by atoms with E-state index in [1.807, 2.05) is 30.0 Å². The number of benzene rings is 1. The van der Waals surface area contributed by atoms with Crippen LogP contribution in [0.4, 0.5) is 5.69 Å². The fourth-order valence-electron chi connectivity index (χ4n) is 4.06. The Hall–Kier alpha value is -0.910. The first-order chi connectivity index (χ1) is 13.5. The third kappa shape index (κ3) is 6.05. The van der Waals surface area contributed by atoms with Gasteiger partial charge in [-0.05, 0) is 43.9 Å². The van der Waals surface area contributed by atoms with E-state index < -0.39 is 0 Å². The van der Waals surface area contributed by atoms with E-state index in [9.17, 15) is 4.79 Å². The number of amides is 1. The lowest BCUT2D eigenvalue weighted by Gasteiger charge is -2.36. The highest BCUT2D eigenvalue weighted by molar-refractivity contribution is 8.14. The Balaban J connectivity index is 0.00000300. The summed E-state index contributed by atoms with van der Waals surface area (Å²) in [6, 6.07) is 6.36. The van der Waals surface area contributed by atoms with Gasteiger partial charge in [-0.2, -0.15) is 0 Å². The molecule has 0 spiro atoms. The zero-order valence-electron chi connectivity index (χ0n) is 17.7. The van der Waals surface area contributed by atoms with Crippen molar-refractivity contribution in [3.8, 4) is 0 Å². The van der Waals surface area contributed by atoms with Gasteiger partial charge in [-0.25, -0.2) is 0 Å². The molecule has 1 aliphatic heterocycles. The number of carbonyl (C=O) groups excluding carboxylic acids is 1. The number of carbonyl (C=O) groups is 1. The molecule has 1 aromatic carbocycles. The summed E-state index contributed by atoms with van der Waals surface area (Å²) < 4.78 is 0. The Bertz CT molecular complexity index is 722. The van der Waals surface area contributed by atoms with E-state index in [4.69, 9.17) is 16.6 Å². The van der Waals surface area contributed by atoms with Crippen LogP contribution in [0.5, 0.6) is 0 Å². The van der Waals surface area contributed by atoms with Crippen LogP contribution in [-0.2, 0) is 4.79 Å². The number of amidine groups is 1.